The first kappa shape index (κ1) is 12.4. The van der Waals surface area contributed by atoms with Crippen LogP contribution in [0.15, 0.2) is 28.7 Å². The minimum atomic E-state index is -0.674. The Labute approximate surface area is 110 Å². The third-order valence-electron chi connectivity index (χ3n) is 3.27. The van der Waals surface area contributed by atoms with Gasteiger partial charge in [-0.2, -0.15) is 0 Å². The van der Waals surface area contributed by atoms with Gasteiger partial charge >= 0.3 is 5.97 Å². The summed E-state index contributed by atoms with van der Waals surface area (Å²) in [5.41, 5.74) is 1.22. The predicted molar refractivity (Wildman–Crippen MR) is 71.3 cm³/mol. The molecule has 1 fully saturated rings. The highest BCUT2D eigenvalue weighted by molar-refractivity contribution is 9.10. The summed E-state index contributed by atoms with van der Waals surface area (Å²) in [7, 11) is 0. The van der Waals surface area contributed by atoms with Crippen LogP contribution in [0.1, 0.15) is 19.3 Å². The first-order valence-electron chi connectivity index (χ1n) is 5.87. The van der Waals surface area contributed by atoms with E-state index in [0.29, 0.717) is 12.3 Å². The molecule has 0 saturated carbocycles. The first-order valence-corrected chi connectivity index (χ1v) is 6.67. The molecule has 1 saturated heterocycles. The van der Waals surface area contributed by atoms with Crippen molar-refractivity contribution in [3.8, 4) is 0 Å². The molecule has 1 aromatic rings. The number of carbonyl (C=O) groups is 1. The van der Waals surface area contributed by atoms with E-state index in [2.05, 4.69) is 33.0 Å². The number of nitrogens with zero attached hydrogens (tertiary/aromatic N) is 1. The second kappa shape index (κ2) is 5.54. The molecule has 0 amide bonds. The van der Waals surface area contributed by atoms with Gasteiger partial charge in [-0.3, -0.25) is 4.79 Å². The normalized spacial score (nSPS) is 17.1. The van der Waals surface area contributed by atoms with Crippen molar-refractivity contribution in [3.05, 3.63) is 28.7 Å². The monoisotopic (exact) mass is 297 g/mol. The quantitative estimate of drug-likeness (QED) is 0.932. The van der Waals surface area contributed by atoms with Crippen molar-refractivity contribution < 1.29 is 9.90 Å². The summed E-state index contributed by atoms with van der Waals surface area (Å²) in [5, 5.41) is 8.76. The lowest BCUT2D eigenvalue weighted by Crippen LogP contribution is -2.34. The van der Waals surface area contributed by atoms with Gasteiger partial charge < -0.3 is 10.0 Å². The van der Waals surface area contributed by atoms with E-state index in [1.165, 1.54) is 5.69 Å². The summed E-state index contributed by atoms with van der Waals surface area (Å²) in [4.78, 5) is 13.0. The van der Waals surface area contributed by atoms with Crippen LogP contribution in [0.3, 0.4) is 0 Å². The van der Waals surface area contributed by atoms with E-state index < -0.39 is 5.97 Å². The number of benzene rings is 1. The number of rotatable bonds is 3. The van der Waals surface area contributed by atoms with Gasteiger partial charge in [0.05, 0.1) is 0 Å². The number of aliphatic carboxylic acids is 1. The van der Waals surface area contributed by atoms with Crippen LogP contribution in [0.2, 0.25) is 0 Å². The van der Waals surface area contributed by atoms with Crippen LogP contribution < -0.4 is 4.90 Å². The summed E-state index contributed by atoms with van der Waals surface area (Å²) in [6.07, 6.45) is 2.26. The Morgan fingerprint density at radius 2 is 1.88 bits per heavy atom. The molecule has 1 aromatic carbocycles. The average Bonchev–Trinajstić information content (AvgIpc) is 2.30. The zero-order valence-corrected chi connectivity index (χ0v) is 11.2. The Hall–Kier alpha value is -1.03. The number of carboxylic acids is 1. The van der Waals surface area contributed by atoms with Crippen LogP contribution in [0.4, 0.5) is 5.69 Å². The average molecular weight is 298 g/mol. The molecular weight excluding hydrogens is 282 g/mol. The van der Waals surface area contributed by atoms with Crippen LogP contribution in [0, 0.1) is 5.92 Å². The number of halogens is 1. The van der Waals surface area contributed by atoms with Crippen LogP contribution in [0.25, 0.3) is 0 Å². The third kappa shape index (κ3) is 3.46. The fraction of sp³-hybridized carbons (Fsp3) is 0.462. The third-order valence-corrected chi connectivity index (χ3v) is 3.80. The molecule has 4 heteroatoms. The predicted octanol–water partition coefficient (Wildman–Crippen LogP) is 3.14. The molecule has 0 radical (unpaired) electrons. The smallest absolute Gasteiger partial charge is 0.303 e. The zero-order chi connectivity index (χ0) is 12.3. The van der Waals surface area contributed by atoms with Gasteiger partial charge in [-0.1, -0.05) is 15.9 Å². The molecule has 0 aliphatic carbocycles. The van der Waals surface area contributed by atoms with Crippen molar-refractivity contribution in [1.82, 2.24) is 0 Å². The minimum Gasteiger partial charge on any atom is -0.481 e. The molecule has 1 aliphatic rings. The molecule has 0 unspecified atom stereocenters. The van der Waals surface area contributed by atoms with E-state index in [4.69, 9.17) is 5.11 Å². The molecular formula is C13H16BrNO2. The molecule has 3 nitrogen and oxygen atoms in total. The first-order chi connectivity index (χ1) is 8.15. The largest absolute Gasteiger partial charge is 0.481 e. The summed E-state index contributed by atoms with van der Waals surface area (Å²) in [5.74, 6) is -0.328. The summed E-state index contributed by atoms with van der Waals surface area (Å²) in [6, 6.07) is 8.28. The van der Waals surface area contributed by atoms with E-state index in [1.807, 2.05) is 12.1 Å². The van der Waals surface area contributed by atoms with E-state index in [0.717, 1.165) is 30.4 Å². The summed E-state index contributed by atoms with van der Waals surface area (Å²) >= 11 is 3.42. The maximum Gasteiger partial charge on any atom is 0.303 e. The van der Waals surface area contributed by atoms with E-state index >= 15 is 0 Å². The molecule has 1 heterocycles. The molecule has 2 rings (SSSR count). The van der Waals surface area contributed by atoms with Crippen molar-refractivity contribution in [1.29, 1.82) is 0 Å². The highest BCUT2D eigenvalue weighted by atomic mass is 79.9. The minimum absolute atomic E-state index is 0.314. The molecule has 0 bridgehead atoms. The molecule has 0 atom stereocenters. The van der Waals surface area contributed by atoms with Crippen molar-refractivity contribution >= 4 is 27.6 Å². The fourth-order valence-corrected chi connectivity index (χ4v) is 2.56. The van der Waals surface area contributed by atoms with Gasteiger partial charge in [0.2, 0.25) is 0 Å². The van der Waals surface area contributed by atoms with Gasteiger partial charge in [-0.05, 0) is 43.0 Å². The van der Waals surface area contributed by atoms with Gasteiger partial charge in [0.15, 0.2) is 0 Å². The second-order valence-corrected chi connectivity index (χ2v) is 5.42. The van der Waals surface area contributed by atoms with Crippen LogP contribution >= 0.6 is 15.9 Å². The highest BCUT2D eigenvalue weighted by Crippen LogP contribution is 2.26. The van der Waals surface area contributed by atoms with Crippen molar-refractivity contribution in [2.75, 3.05) is 18.0 Å². The van der Waals surface area contributed by atoms with Crippen molar-refractivity contribution in [2.45, 2.75) is 19.3 Å². The summed E-state index contributed by atoms with van der Waals surface area (Å²) < 4.78 is 1.09. The topological polar surface area (TPSA) is 40.5 Å². The molecule has 17 heavy (non-hydrogen) atoms. The lowest BCUT2D eigenvalue weighted by molar-refractivity contribution is -0.138. The fourth-order valence-electron chi connectivity index (χ4n) is 2.29. The number of anilines is 1. The number of carboxylic acid groups (broad SMARTS) is 1. The lowest BCUT2D eigenvalue weighted by atomic mass is 9.93. The van der Waals surface area contributed by atoms with Crippen LogP contribution in [-0.2, 0) is 4.79 Å². The lowest BCUT2D eigenvalue weighted by Gasteiger charge is -2.33. The number of hydrogen-bond donors (Lipinski definition) is 1. The van der Waals surface area contributed by atoms with Crippen LogP contribution in [-0.4, -0.2) is 24.2 Å². The van der Waals surface area contributed by atoms with Gasteiger partial charge in [-0.25, -0.2) is 0 Å². The molecule has 0 spiro atoms. The molecule has 92 valence electrons. The maximum absolute atomic E-state index is 10.6. The highest BCUT2D eigenvalue weighted by Gasteiger charge is 2.21. The Balaban J connectivity index is 1.90. The van der Waals surface area contributed by atoms with Crippen LogP contribution in [0.5, 0.6) is 0 Å². The molecule has 0 aromatic heterocycles. The summed E-state index contributed by atoms with van der Waals surface area (Å²) in [6.45, 7) is 1.92. The standard InChI is InChI=1S/C13H16BrNO2/c14-11-1-3-12(4-2-11)15-7-5-10(6-8-15)9-13(16)17/h1-4,10H,5-9H2,(H,16,17). The Bertz CT molecular complexity index is 383. The van der Waals surface area contributed by atoms with Gasteiger partial charge in [-0.15, -0.1) is 0 Å². The zero-order valence-electron chi connectivity index (χ0n) is 9.60. The Morgan fingerprint density at radius 3 is 2.41 bits per heavy atom. The number of piperidine rings is 1. The SMILES string of the molecule is O=C(O)CC1CCN(c2ccc(Br)cc2)CC1. The second-order valence-electron chi connectivity index (χ2n) is 4.50. The Morgan fingerprint density at radius 1 is 1.29 bits per heavy atom. The number of hydrogen-bond acceptors (Lipinski definition) is 2. The van der Waals surface area contributed by atoms with Gasteiger partial charge in [0, 0.05) is 29.7 Å². The van der Waals surface area contributed by atoms with Crippen molar-refractivity contribution in [3.63, 3.8) is 0 Å². The maximum atomic E-state index is 10.6. The van der Waals surface area contributed by atoms with E-state index in [1.54, 1.807) is 0 Å². The molecule has 1 N–H and O–H groups in total. The van der Waals surface area contributed by atoms with Crippen molar-refractivity contribution in [2.24, 2.45) is 5.92 Å². The van der Waals surface area contributed by atoms with Gasteiger partial charge in [0.25, 0.3) is 0 Å². The Kier molecular flexibility index (Phi) is 4.05. The van der Waals surface area contributed by atoms with E-state index in [-0.39, 0.29) is 0 Å². The van der Waals surface area contributed by atoms with E-state index in [9.17, 15) is 4.79 Å². The van der Waals surface area contributed by atoms with Gasteiger partial charge in [0.1, 0.15) is 0 Å². The molecule has 1 aliphatic heterocycles.